The van der Waals surface area contributed by atoms with Gasteiger partial charge in [-0.2, -0.15) is 0 Å². The number of hydrogen-bond acceptors (Lipinski definition) is 6. The summed E-state index contributed by atoms with van der Waals surface area (Å²) in [6.45, 7) is 0.969. The highest BCUT2D eigenvalue weighted by Gasteiger charge is 2.34. The van der Waals surface area contributed by atoms with Crippen LogP contribution in [0, 0.1) is 17.0 Å². The second-order valence-corrected chi connectivity index (χ2v) is 13.5. The minimum atomic E-state index is -4.07. The number of benzene rings is 3. The molecule has 1 N–H and O–H groups in total. The van der Waals surface area contributed by atoms with E-state index in [0.29, 0.717) is 16.1 Å². The third-order valence-electron chi connectivity index (χ3n) is 7.84. The molecule has 44 heavy (non-hydrogen) atoms. The SMILES string of the molecule is Cc1ccc([N+](=O)[O-])cc1N(CC(=O)N(Cc1ccc(Cl)cc1)C(Cc1ccccc1)C(=O)NC1CCCCC1)S(C)(=O)=O. The highest BCUT2D eigenvalue weighted by atomic mass is 35.5. The zero-order chi connectivity index (χ0) is 31.9. The number of non-ortho nitro benzene ring substituents is 1. The average Bonchev–Trinajstić information content (AvgIpc) is 2.99. The predicted molar refractivity (Wildman–Crippen MR) is 171 cm³/mol. The monoisotopic (exact) mass is 640 g/mol. The third kappa shape index (κ3) is 8.79. The fraction of sp³-hybridized carbons (Fsp3) is 0.375. The molecule has 1 unspecified atom stereocenters. The first kappa shape index (κ1) is 32.9. The van der Waals surface area contributed by atoms with E-state index >= 15 is 0 Å². The van der Waals surface area contributed by atoms with Crippen LogP contribution in [0.4, 0.5) is 11.4 Å². The van der Waals surface area contributed by atoms with Gasteiger partial charge < -0.3 is 10.2 Å². The molecule has 0 radical (unpaired) electrons. The van der Waals surface area contributed by atoms with Crippen LogP contribution in [-0.2, 0) is 32.6 Å². The van der Waals surface area contributed by atoms with Crippen LogP contribution in [0.2, 0.25) is 5.02 Å². The Kier molecular flexibility index (Phi) is 11.0. The Bertz CT molecular complexity index is 1580. The summed E-state index contributed by atoms with van der Waals surface area (Å²) >= 11 is 6.11. The summed E-state index contributed by atoms with van der Waals surface area (Å²) in [5.41, 5.74) is 1.68. The lowest BCUT2D eigenvalue weighted by Gasteiger charge is -2.35. The standard InChI is InChI=1S/C32H37ClN4O6S/c1-23-13-18-28(37(40)41)20-29(23)36(44(2,42)43)22-31(38)35(21-25-14-16-26(33)17-15-25)30(19-24-9-5-3-6-10-24)32(39)34-27-11-7-4-8-12-27/h3,5-6,9-10,13-18,20,27,30H,4,7-8,11-12,19,21-22H2,1-2H3,(H,34,39). The van der Waals surface area contributed by atoms with E-state index in [4.69, 9.17) is 11.6 Å². The molecule has 1 aliphatic carbocycles. The van der Waals surface area contributed by atoms with Gasteiger partial charge in [0.05, 0.1) is 16.9 Å². The second-order valence-electron chi connectivity index (χ2n) is 11.2. The van der Waals surface area contributed by atoms with Crippen LogP contribution in [0.1, 0.15) is 48.8 Å². The molecule has 10 nitrogen and oxygen atoms in total. The van der Waals surface area contributed by atoms with Crippen LogP contribution in [-0.4, -0.2) is 54.9 Å². The summed E-state index contributed by atoms with van der Waals surface area (Å²) in [6, 6.07) is 19.1. The molecule has 0 spiro atoms. The maximum absolute atomic E-state index is 14.3. The van der Waals surface area contributed by atoms with E-state index in [2.05, 4.69) is 5.32 Å². The van der Waals surface area contributed by atoms with Crippen LogP contribution in [0.3, 0.4) is 0 Å². The van der Waals surface area contributed by atoms with Crippen molar-refractivity contribution in [3.05, 3.63) is 105 Å². The molecule has 0 saturated heterocycles. The molecule has 3 aromatic carbocycles. The first-order valence-corrected chi connectivity index (χ1v) is 16.8. The van der Waals surface area contributed by atoms with Gasteiger partial charge in [-0.25, -0.2) is 8.42 Å². The Morgan fingerprint density at radius 1 is 1.00 bits per heavy atom. The number of hydrogen-bond donors (Lipinski definition) is 1. The van der Waals surface area contributed by atoms with Gasteiger partial charge in [-0.15, -0.1) is 0 Å². The van der Waals surface area contributed by atoms with Crippen LogP contribution >= 0.6 is 11.6 Å². The van der Waals surface area contributed by atoms with Gasteiger partial charge in [-0.05, 0) is 48.6 Å². The number of carbonyl (C=O) groups is 2. The minimum absolute atomic E-state index is 0.0110. The molecule has 1 fully saturated rings. The zero-order valence-electron chi connectivity index (χ0n) is 24.8. The molecule has 234 valence electrons. The average molecular weight is 641 g/mol. The van der Waals surface area contributed by atoms with Crippen molar-refractivity contribution in [2.45, 2.75) is 64.1 Å². The van der Waals surface area contributed by atoms with Crippen molar-refractivity contribution >= 4 is 44.8 Å². The van der Waals surface area contributed by atoms with E-state index < -0.39 is 33.4 Å². The first-order chi connectivity index (χ1) is 20.9. The Hall–Kier alpha value is -3.96. The van der Waals surface area contributed by atoms with E-state index in [1.54, 1.807) is 31.2 Å². The highest BCUT2D eigenvalue weighted by Crippen LogP contribution is 2.28. The number of amides is 2. The molecule has 2 amide bonds. The quantitative estimate of drug-likeness (QED) is 0.208. The molecule has 0 heterocycles. The fourth-order valence-electron chi connectivity index (χ4n) is 5.46. The summed E-state index contributed by atoms with van der Waals surface area (Å²) in [4.78, 5) is 40.6. The summed E-state index contributed by atoms with van der Waals surface area (Å²) < 4.78 is 27.0. The lowest BCUT2D eigenvalue weighted by Crippen LogP contribution is -2.55. The van der Waals surface area contributed by atoms with Gasteiger partial charge in [0, 0.05) is 36.2 Å². The van der Waals surface area contributed by atoms with Crippen molar-refractivity contribution in [1.29, 1.82) is 0 Å². The summed E-state index contributed by atoms with van der Waals surface area (Å²) in [6.07, 6.45) is 5.97. The number of rotatable bonds is 12. The molecule has 4 rings (SSSR count). The number of nitrogens with zero attached hydrogens (tertiary/aromatic N) is 3. The van der Waals surface area contributed by atoms with Crippen molar-refractivity contribution < 1.29 is 22.9 Å². The van der Waals surface area contributed by atoms with Gasteiger partial charge in [-0.3, -0.25) is 24.0 Å². The lowest BCUT2D eigenvalue weighted by molar-refractivity contribution is -0.384. The van der Waals surface area contributed by atoms with Crippen molar-refractivity contribution in [1.82, 2.24) is 10.2 Å². The number of carbonyl (C=O) groups excluding carboxylic acids is 2. The fourth-order valence-corrected chi connectivity index (χ4v) is 6.48. The normalized spacial score (nSPS) is 14.4. The van der Waals surface area contributed by atoms with Gasteiger partial charge in [0.15, 0.2) is 0 Å². The van der Waals surface area contributed by atoms with E-state index in [1.165, 1.54) is 17.0 Å². The molecule has 0 aromatic heterocycles. The van der Waals surface area contributed by atoms with E-state index in [9.17, 15) is 28.1 Å². The van der Waals surface area contributed by atoms with Crippen molar-refractivity contribution in [3.8, 4) is 0 Å². The molecule has 0 aliphatic heterocycles. The van der Waals surface area contributed by atoms with Gasteiger partial charge in [-0.1, -0.05) is 79.4 Å². The van der Waals surface area contributed by atoms with Crippen molar-refractivity contribution in [3.63, 3.8) is 0 Å². The highest BCUT2D eigenvalue weighted by molar-refractivity contribution is 7.92. The zero-order valence-corrected chi connectivity index (χ0v) is 26.4. The Morgan fingerprint density at radius 3 is 2.27 bits per heavy atom. The van der Waals surface area contributed by atoms with Crippen LogP contribution in [0.5, 0.6) is 0 Å². The number of anilines is 1. The summed E-state index contributed by atoms with van der Waals surface area (Å²) in [5.74, 6) is -0.948. The molecule has 12 heteroatoms. The largest absolute Gasteiger partial charge is 0.352 e. The van der Waals surface area contributed by atoms with Gasteiger partial charge in [0.25, 0.3) is 5.69 Å². The Labute approximate surface area is 263 Å². The Morgan fingerprint density at radius 2 is 1.66 bits per heavy atom. The smallest absolute Gasteiger partial charge is 0.271 e. The molecular formula is C32H37ClN4O6S. The van der Waals surface area contributed by atoms with Crippen LogP contribution in [0.25, 0.3) is 0 Å². The maximum atomic E-state index is 14.3. The maximum Gasteiger partial charge on any atom is 0.271 e. The summed E-state index contributed by atoms with van der Waals surface area (Å²) in [7, 11) is -4.07. The predicted octanol–water partition coefficient (Wildman–Crippen LogP) is 5.41. The van der Waals surface area contributed by atoms with E-state index in [1.807, 2.05) is 30.3 Å². The molecule has 0 bridgehead atoms. The van der Waals surface area contributed by atoms with Gasteiger partial charge >= 0.3 is 0 Å². The molecule has 1 atom stereocenters. The molecule has 1 aliphatic rings. The van der Waals surface area contributed by atoms with Gasteiger partial charge in [0.2, 0.25) is 21.8 Å². The van der Waals surface area contributed by atoms with Crippen molar-refractivity contribution in [2.75, 3.05) is 17.1 Å². The Balaban J connectivity index is 1.75. The minimum Gasteiger partial charge on any atom is -0.352 e. The molecule has 1 saturated carbocycles. The van der Waals surface area contributed by atoms with Crippen LogP contribution < -0.4 is 9.62 Å². The summed E-state index contributed by atoms with van der Waals surface area (Å²) in [5, 5.41) is 15.2. The van der Waals surface area contributed by atoms with Crippen molar-refractivity contribution in [2.24, 2.45) is 0 Å². The van der Waals surface area contributed by atoms with E-state index in [-0.39, 0.29) is 36.3 Å². The molecular weight excluding hydrogens is 604 g/mol. The number of halogens is 1. The number of nitro groups is 1. The number of aryl methyl sites for hydroxylation is 1. The third-order valence-corrected chi connectivity index (χ3v) is 9.22. The first-order valence-electron chi connectivity index (χ1n) is 14.5. The van der Waals surface area contributed by atoms with Crippen LogP contribution in [0.15, 0.2) is 72.8 Å². The number of nitrogens with one attached hydrogen (secondary N) is 1. The van der Waals surface area contributed by atoms with Gasteiger partial charge in [0.1, 0.15) is 12.6 Å². The second kappa shape index (κ2) is 14.7. The molecule has 3 aromatic rings. The lowest BCUT2D eigenvalue weighted by atomic mass is 9.94. The number of sulfonamides is 1. The topological polar surface area (TPSA) is 130 Å². The number of nitro benzene ring substituents is 1. The van der Waals surface area contributed by atoms with E-state index in [0.717, 1.165) is 54.3 Å².